The molecule has 0 spiro atoms. The summed E-state index contributed by atoms with van der Waals surface area (Å²) >= 11 is 1.60. The summed E-state index contributed by atoms with van der Waals surface area (Å²) < 4.78 is 17.4. The SMILES string of the molecule is COc1cc2c(NC3CCOCC3)nc(-c3cnc(C)s3)nc2cc1OCCCN1CCCC1. The van der Waals surface area contributed by atoms with Gasteiger partial charge >= 0.3 is 0 Å². The molecular weight excluding hydrogens is 450 g/mol. The Labute approximate surface area is 204 Å². The number of fused-ring (bicyclic) bond motifs is 1. The average Bonchev–Trinajstić information content (AvgIpc) is 3.54. The lowest BCUT2D eigenvalue weighted by molar-refractivity contribution is 0.0904. The number of nitrogens with one attached hydrogen (secondary N) is 1. The molecule has 8 nitrogen and oxygen atoms in total. The van der Waals surface area contributed by atoms with Crippen LogP contribution in [-0.4, -0.2) is 72.5 Å². The van der Waals surface area contributed by atoms with Crippen LogP contribution < -0.4 is 14.8 Å². The molecule has 34 heavy (non-hydrogen) atoms. The van der Waals surface area contributed by atoms with E-state index in [1.54, 1.807) is 18.4 Å². The van der Waals surface area contributed by atoms with Crippen LogP contribution in [0.15, 0.2) is 18.3 Å². The highest BCUT2D eigenvalue weighted by Gasteiger charge is 2.20. The summed E-state index contributed by atoms with van der Waals surface area (Å²) in [7, 11) is 1.68. The molecule has 2 aliphatic rings. The summed E-state index contributed by atoms with van der Waals surface area (Å²) in [6, 6.07) is 4.29. The number of anilines is 1. The number of ether oxygens (including phenoxy) is 3. The Balaban J connectivity index is 1.43. The van der Waals surface area contributed by atoms with Crippen LogP contribution in [0.5, 0.6) is 11.5 Å². The van der Waals surface area contributed by atoms with Crippen molar-refractivity contribution in [1.29, 1.82) is 0 Å². The fraction of sp³-hybridized carbons (Fsp3) is 0.560. The van der Waals surface area contributed by atoms with Crippen molar-refractivity contribution in [1.82, 2.24) is 19.9 Å². The molecule has 0 radical (unpaired) electrons. The van der Waals surface area contributed by atoms with Crippen LogP contribution in [0.2, 0.25) is 0 Å². The molecule has 0 amide bonds. The first-order valence-corrected chi connectivity index (χ1v) is 13.0. The molecule has 2 saturated heterocycles. The van der Waals surface area contributed by atoms with E-state index in [-0.39, 0.29) is 0 Å². The maximum atomic E-state index is 6.18. The number of methoxy groups -OCH3 is 1. The van der Waals surface area contributed by atoms with Crippen LogP contribution in [-0.2, 0) is 4.74 Å². The van der Waals surface area contributed by atoms with Crippen molar-refractivity contribution in [3.8, 4) is 22.2 Å². The third-order valence-corrected chi connectivity index (χ3v) is 7.37. The molecule has 9 heteroatoms. The minimum Gasteiger partial charge on any atom is -0.493 e. The maximum absolute atomic E-state index is 6.18. The first kappa shape index (κ1) is 23.3. The number of likely N-dealkylation sites (tertiary alicyclic amines) is 1. The number of aromatic nitrogens is 3. The quantitative estimate of drug-likeness (QED) is 0.445. The van der Waals surface area contributed by atoms with Gasteiger partial charge in [0, 0.05) is 43.4 Å². The molecule has 0 saturated carbocycles. The van der Waals surface area contributed by atoms with E-state index in [9.17, 15) is 0 Å². The Morgan fingerprint density at radius 1 is 1.15 bits per heavy atom. The van der Waals surface area contributed by atoms with E-state index in [2.05, 4.69) is 15.2 Å². The van der Waals surface area contributed by atoms with Gasteiger partial charge in [-0.2, -0.15) is 0 Å². The fourth-order valence-electron chi connectivity index (χ4n) is 4.61. The van der Waals surface area contributed by atoms with E-state index in [1.165, 1.54) is 25.9 Å². The highest BCUT2D eigenvalue weighted by molar-refractivity contribution is 7.14. The van der Waals surface area contributed by atoms with Gasteiger partial charge in [-0.3, -0.25) is 0 Å². The number of rotatable bonds is 9. The molecule has 2 fully saturated rings. The van der Waals surface area contributed by atoms with Crippen LogP contribution >= 0.6 is 11.3 Å². The van der Waals surface area contributed by atoms with Crippen molar-refractivity contribution >= 4 is 28.1 Å². The maximum Gasteiger partial charge on any atom is 0.173 e. The standard InChI is InChI=1S/C25H33N5O3S/c1-17-26-16-23(34-17)25-28-20-15-22(33-11-5-10-30-8-3-4-9-30)21(31-2)14-19(20)24(29-25)27-18-6-12-32-13-7-18/h14-16,18H,3-13H2,1-2H3,(H,27,28,29). The van der Waals surface area contributed by atoms with Gasteiger partial charge in [0.1, 0.15) is 5.82 Å². The van der Waals surface area contributed by atoms with Crippen molar-refractivity contribution in [2.24, 2.45) is 0 Å². The summed E-state index contributed by atoms with van der Waals surface area (Å²) in [4.78, 5) is 17.7. The van der Waals surface area contributed by atoms with Crippen LogP contribution in [0.4, 0.5) is 5.82 Å². The minimum absolute atomic E-state index is 0.315. The van der Waals surface area contributed by atoms with E-state index >= 15 is 0 Å². The van der Waals surface area contributed by atoms with Crippen LogP contribution in [0.3, 0.4) is 0 Å². The van der Waals surface area contributed by atoms with Gasteiger partial charge in [0.05, 0.1) is 29.1 Å². The molecule has 0 atom stereocenters. The van der Waals surface area contributed by atoms with Gasteiger partial charge in [0.25, 0.3) is 0 Å². The van der Waals surface area contributed by atoms with Gasteiger partial charge in [-0.15, -0.1) is 11.3 Å². The monoisotopic (exact) mass is 483 g/mol. The molecule has 0 unspecified atom stereocenters. The third-order valence-electron chi connectivity index (χ3n) is 6.46. The van der Waals surface area contributed by atoms with Gasteiger partial charge in [0.2, 0.25) is 0 Å². The van der Waals surface area contributed by atoms with Crippen LogP contribution in [0, 0.1) is 6.92 Å². The lowest BCUT2D eigenvalue weighted by Gasteiger charge is -2.24. The van der Waals surface area contributed by atoms with Crippen LogP contribution in [0.1, 0.15) is 37.1 Å². The topological polar surface area (TPSA) is 81.6 Å². The van der Waals surface area contributed by atoms with E-state index in [0.717, 1.165) is 71.4 Å². The van der Waals surface area contributed by atoms with Gasteiger partial charge in [-0.25, -0.2) is 15.0 Å². The molecule has 5 rings (SSSR count). The van der Waals surface area contributed by atoms with Crippen molar-refractivity contribution in [2.75, 3.05) is 51.9 Å². The molecule has 2 aliphatic heterocycles. The Hall–Kier alpha value is -2.49. The molecule has 3 aromatic rings. The molecule has 2 aromatic heterocycles. The van der Waals surface area contributed by atoms with Crippen molar-refractivity contribution < 1.29 is 14.2 Å². The molecule has 4 heterocycles. The van der Waals surface area contributed by atoms with E-state index in [1.807, 2.05) is 25.3 Å². The second-order valence-corrected chi connectivity index (χ2v) is 10.2. The van der Waals surface area contributed by atoms with Gasteiger partial charge in [-0.05, 0) is 58.2 Å². The molecule has 0 aliphatic carbocycles. The number of aryl methyl sites for hydroxylation is 1. The minimum atomic E-state index is 0.315. The summed E-state index contributed by atoms with van der Waals surface area (Å²) in [5.74, 6) is 2.92. The largest absolute Gasteiger partial charge is 0.493 e. The molecule has 182 valence electrons. The number of hydrogen-bond donors (Lipinski definition) is 1. The lowest BCUT2D eigenvalue weighted by Crippen LogP contribution is -2.28. The van der Waals surface area contributed by atoms with E-state index in [0.29, 0.717) is 24.2 Å². The number of nitrogens with zero attached hydrogens (tertiary/aromatic N) is 4. The third kappa shape index (κ3) is 5.42. The van der Waals surface area contributed by atoms with Gasteiger partial charge < -0.3 is 24.4 Å². The Morgan fingerprint density at radius 2 is 1.97 bits per heavy atom. The number of thiazole rings is 1. The highest BCUT2D eigenvalue weighted by atomic mass is 32.1. The van der Waals surface area contributed by atoms with Gasteiger partial charge in [-0.1, -0.05) is 0 Å². The zero-order chi connectivity index (χ0) is 23.3. The molecule has 1 N–H and O–H groups in total. The Kier molecular flexibility index (Phi) is 7.42. The fourth-order valence-corrected chi connectivity index (χ4v) is 5.32. The highest BCUT2D eigenvalue weighted by Crippen LogP contribution is 2.36. The smallest absolute Gasteiger partial charge is 0.173 e. The zero-order valence-electron chi connectivity index (χ0n) is 20.0. The van der Waals surface area contributed by atoms with Gasteiger partial charge in [0.15, 0.2) is 17.3 Å². The second kappa shape index (κ2) is 10.8. The number of hydrogen-bond acceptors (Lipinski definition) is 9. The summed E-state index contributed by atoms with van der Waals surface area (Å²) in [5, 5.41) is 5.57. The molecule has 1 aromatic carbocycles. The molecular formula is C25H33N5O3S. The van der Waals surface area contributed by atoms with E-state index in [4.69, 9.17) is 24.2 Å². The second-order valence-electron chi connectivity index (χ2n) is 8.94. The Morgan fingerprint density at radius 3 is 2.71 bits per heavy atom. The predicted octanol–water partition coefficient (Wildman–Crippen LogP) is 4.53. The first-order valence-electron chi connectivity index (χ1n) is 12.2. The van der Waals surface area contributed by atoms with Crippen molar-refractivity contribution in [2.45, 2.75) is 45.1 Å². The first-order chi connectivity index (χ1) is 16.7. The van der Waals surface area contributed by atoms with Crippen LogP contribution in [0.25, 0.3) is 21.6 Å². The predicted molar refractivity (Wildman–Crippen MR) is 135 cm³/mol. The Bertz CT molecular complexity index is 1110. The van der Waals surface area contributed by atoms with Crippen molar-refractivity contribution in [3.05, 3.63) is 23.3 Å². The molecule has 0 bridgehead atoms. The average molecular weight is 484 g/mol. The summed E-state index contributed by atoms with van der Waals surface area (Å²) in [6.07, 6.45) is 7.37. The summed E-state index contributed by atoms with van der Waals surface area (Å²) in [6.45, 7) is 7.66. The van der Waals surface area contributed by atoms with Crippen molar-refractivity contribution in [3.63, 3.8) is 0 Å². The lowest BCUT2D eigenvalue weighted by atomic mass is 10.1. The summed E-state index contributed by atoms with van der Waals surface area (Å²) in [5.41, 5.74) is 0.834. The zero-order valence-corrected chi connectivity index (χ0v) is 20.8. The normalized spacial score (nSPS) is 17.4. The number of benzene rings is 1. The van der Waals surface area contributed by atoms with E-state index < -0.39 is 0 Å².